The van der Waals surface area contributed by atoms with Gasteiger partial charge in [0, 0.05) is 25.8 Å². The number of ether oxygens (including phenoxy) is 1. The SMILES string of the molecule is COCC(=O)N1CCC(C2=Cc3c(nc(C)nc3N[C@H](C)c3cccc(C(F)F)c3F)NC2O)CC1. The third-order valence-corrected chi connectivity index (χ3v) is 6.66. The van der Waals surface area contributed by atoms with E-state index in [1.807, 2.05) is 6.08 Å². The van der Waals surface area contributed by atoms with Crippen molar-refractivity contribution in [1.82, 2.24) is 14.9 Å². The van der Waals surface area contributed by atoms with Crippen molar-refractivity contribution in [3.05, 3.63) is 52.1 Å². The van der Waals surface area contributed by atoms with Gasteiger partial charge in [-0.2, -0.15) is 0 Å². The van der Waals surface area contributed by atoms with Gasteiger partial charge in [0.15, 0.2) is 0 Å². The normalized spacial score (nSPS) is 18.9. The Balaban J connectivity index is 1.59. The largest absolute Gasteiger partial charge is 0.375 e. The predicted molar refractivity (Wildman–Crippen MR) is 129 cm³/mol. The van der Waals surface area contributed by atoms with Crippen LogP contribution < -0.4 is 10.6 Å². The number of hydrogen-bond acceptors (Lipinski definition) is 7. The minimum Gasteiger partial charge on any atom is -0.375 e. The number of anilines is 2. The molecule has 3 N–H and O–H groups in total. The lowest BCUT2D eigenvalue weighted by Gasteiger charge is -2.36. The first-order valence-corrected chi connectivity index (χ1v) is 11.8. The Kier molecular flexibility index (Phi) is 7.79. The number of nitrogens with zero attached hydrogens (tertiary/aromatic N) is 3. The third-order valence-electron chi connectivity index (χ3n) is 6.66. The second kappa shape index (κ2) is 10.8. The molecule has 1 aromatic heterocycles. The van der Waals surface area contributed by atoms with E-state index in [0.717, 1.165) is 11.6 Å². The van der Waals surface area contributed by atoms with Gasteiger partial charge in [0.25, 0.3) is 6.43 Å². The van der Waals surface area contributed by atoms with Crippen LogP contribution >= 0.6 is 0 Å². The van der Waals surface area contributed by atoms with E-state index >= 15 is 0 Å². The summed E-state index contributed by atoms with van der Waals surface area (Å²) in [4.78, 5) is 22.7. The maximum absolute atomic E-state index is 14.7. The Bertz CT molecular complexity index is 1150. The molecule has 2 aromatic rings. The molecule has 0 aliphatic carbocycles. The average molecular weight is 506 g/mol. The Morgan fingerprint density at radius 1 is 1.28 bits per heavy atom. The number of fused-ring (bicyclic) bond motifs is 1. The summed E-state index contributed by atoms with van der Waals surface area (Å²) in [5.41, 5.74) is 0.787. The fraction of sp³-hybridized carbons (Fsp3) is 0.480. The van der Waals surface area contributed by atoms with Crippen LogP contribution in [0, 0.1) is 18.7 Å². The molecule has 2 atom stereocenters. The number of alkyl halides is 2. The van der Waals surface area contributed by atoms with Gasteiger partial charge in [0.05, 0.1) is 17.2 Å². The van der Waals surface area contributed by atoms with E-state index < -0.39 is 30.1 Å². The number of carbonyl (C=O) groups is 1. The van der Waals surface area contributed by atoms with Crippen molar-refractivity contribution in [2.45, 2.75) is 45.4 Å². The molecule has 194 valence electrons. The number of aryl methyl sites for hydroxylation is 1. The fourth-order valence-corrected chi connectivity index (χ4v) is 4.77. The van der Waals surface area contributed by atoms with Crippen LogP contribution in [-0.4, -0.2) is 58.9 Å². The number of nitrogens with one attached hydrogen (secondary N) is 2. The van der Waals surface area contributed by atoms with Crippen molar-refractivity contribution < 1.29 is 27.8 Å². The topological polar surface area (TPSA) is 99.6 Å². The Morgan fingerprint density at radius 2 is 1.97 bits per heavy atom. The number of halogens is 3. The van der Waals surface area contributed by atoms with Crippen LogP contribution in [0.1, 0.15) is 54.7 Å². The van der Waals surface area contributed by atoms with Gasteiger partial charge in [-0.15, -0.1) is 0 Å². The minimum atomic E-state index is -2.92. The van der Waals surface area contributed by atoms with E-state index in [9.17, 15) is 23.1 Å². The zero-order valence-corrected chi connectivity index (χ0v) is 20.4. The monoisotopic (exact) mass is 505 g/mol. The van der Waals surface area contributed by atoms with Crippen molar-refractivity contribution in [2.75, 3.05) is 37.4 Å². The number of hydrogen-bond donors (Lipinski definition) is 3. The summed E-state index contributed by atoms with van der Waals surface area (Å²) in [6.07, 6.45) is -0.699. The molecule has 0 spiro atoms. The lowest BCUT2D eigenvalue weighted by atomic mass is 9.85. The number of rotatable bonds is 7. The van der Waals surface area contributed by atoms with E-state index in [1.54, 1.807) is 18.7 Å². The zero-order valence-electron chi connectivity index (χ0n) is 20.4. The maximum atomic E-state index is 14.7. The average Bonchev–Trinajstić information content (AvgIpc) is 2.83. The van der Waals surface area contributed by atoms with Gasteiger partial charge < -0.3 is 25.4 Å². The number of methoxy groups -OCH3 is 1. The highest BCUT2D eigenvalue weighted by Gasteiger charge is 2.32. The van der Waals surface area contributed by atoms with E-state index in [1.165, 1.54) is 19.2 Å². The highest BCUT2D eigenvalue weighted by molar-refractivity contribution is 5.79. The molecule has 1 unspecified atom stereocenters. The summed E-state index contributed by atoms with van der Waals surface area (Å²) in [7, 11) is 1.48. The predicted octanol–water partition coefficient (Wildman–Crippen LogP) is 4.05. The molecule has 0 radical (unpaired) electrons. The standard InChI is InChI=1S/C25H30F3N5O3/c1-13(16-5-4-6-17(21(16)26)22(27)28)29-23-19-11-18(25(35)32-24(19)31-14(2)30-23)15-7-9-33(10-8-15)20(34)12-36-3/h4-6,11,13,15,22,25,35H,7-10,12H2,1-3H3,(H2,29,30,31,32)/t13-,25?/m1/s1. The molecule has 3 heterocycles. The Hall–Kier alpha value is -3.18. The van der Waals surface area contributed by atoms with Crippen molar-refractivity contribution in [2.24, 2.45) is 5.92 Å². The van der Waals surface area contributed by atoms with Crippen LogP contribution in [0.25, 0.3) is 6.08 Å². The van der Waals surface area contributed by atoms with Crippen LogP contribution in [0.5, 0.6) is 0 Å². The van der Waals surface area contributed by atoms with E-state index in [2.05, 4.69) is 20.6 Å². The van der Waals surface area contributed by atoms with Crippen molar-refractivity contribution in [3.63, 3.8) is 0 Å². The molecule has 1 fully saturated rings. The maximum Gasteiger partial charge on any atom is 0.266 e. The van der Waals surface area contributed by atoms with Crippen LogP contribution in [0.3, 0.4) is 0 Å². The van der Waals surface area contributed by atoms with Gasteiger partial charge in [0.1, 0.15) is 36.1 Å². The summed E-state index contributed by atoms with van der Waals surface area (Å²) in [6.45, 7) is 4.50. The van der Waals surface area contributed by atoms with Gasteiger partial charge >= 0.3 is 0 Å². The highest BCUT2D eigenvalue weighted by Crippen LogP contribution is 2.37. The molecule has 4 rings (SSSR count). The molecule has 0 bridgehead atoms. The number of likely N-dealkylation sites (tertiary alicyclic amines) is 1. The van der Waals surface area contributed by atoms with Gasteiger partial charge in [-0.25, -0.2) is 23.1 Å². The van der Waals surface area contributed by atoms with Crippen LogP contribution in [0.2, 0.25) is 0 Å². The number of carbonyl (C=O) groups excluding carboxylic acids is 1. The van der Waals surface area contributed by atoms with Gasteiger partial charge in [0.2, 0.25) is 5.91 Å². The van der Waals surface area contributed by atoms with E-state index in [4.69, 9.17) is 4.74 Å². The minimum absolute atomic E-state index is 0.0268. The van der Waals surface area contributed by atoms with Crippen molar-refractivity contribution >= 4 is 23.6 Å². The van der Waals surface area contributed by atoms with E-state index in [0.29, 0.717) is 49.0 Å². The first kappa shape index (κ1) is 25.9. The number of aliphatic hydroxyl groups excluding tert-OH is 1. The summed E-state index contributed by atoms with van der Waals surface area (Å²) < 4.78 is 46.1. The number of piperidine rings is 1. The molecule has 2 aliphatic heterocycles. The second-order valence-electron chi connectivity index (χ2n) is 9.08. The summed E-state index contributed by atoms with van der Waals surface area (Å²) in [5.74, 6) is 0.252. The van der Waals surface area contributed by atoms with Gasteiger partial charge in [-0.1, -0.05) is 18.2 Å². The summed E-state index contributed by atoms with van der Waals surface area (Å²) >= 11 is 0. The molecule has 1 amide bonds. The molecule has 36 heavy (non-hydrogen) atoms. The Morgan fingerprint density at radius 3 is 2.64 bits per heavy atom. The number of benzene rings is 1. The first-order valence-electron chi connectivity index (χ1n) is 11.8. The van der Waals surface area contributed by atoms with Crippen molar-refractivity contribution in [3.8, 4) is 0 Å². The molecule has 8 nitrogen and oxygen atoms in total. The number of aromatic nitrogens is 2. The molecule has 1 aromatic carbocycles. The fourth-order valence-electron chi connectivity index (χ4n) is 4.77. The highest BCUT2D eigenvalue weighted by atomic mass is 19.3. The number of aliphatic hydroxyl groups is 1. The van der Waals surface area contributed by atoms with Crippen molar-refractivity contribution in [1.29, 1.82) is 0 Å². The zero-order chi connectivity index (χ0) is 26.0. The smallest absolute Gasteiger partial charge is 0.266 e. The number of amides is 1. The molecular formula is C25H30F3N5O3. The van der Waals surface area contributed by atoms with Crippen LogP contribution in [-0.2, 0) is 9.53 Å². The molecule has 11 heteroatoms. The Labute approximate surface area is 207 Å². The van der Waals surface area contributed by atoms with Crippen LogP contribution in [0.15, 0.2) is 23.8 Å². The molecule has 0 saturated carbocycles. The lowest BCUT2D eigenvalue weighted by molar-refractivity contribution is -0.136. The lowest BCUT2D eigenvalue weighted by Crippen LogP contribution is -2.42. The first-order chi connectivity index (χ1) is 17.2. The van der Waals surface area contributed by atoms with Gasteiger partial charge in [-0.05, 0) is 44.3 Å². The molecular weight excluding hydrogens is 475 g/mol. The third kappa shape index (κ3) is 5.31. The van der Waals surface area contributed by atoms with Gasteiger partial charge in [-0.3, -0.25) is 4.79 Å². The van der Waals surface area contributed by atoms with E-state index in [-0.39, 0.29) is 24.0 Å². The van der Waals surface area contributed by atoms with Crippen LogP contribution in [0.4, 0.5) is 24.8 Å². The quantitative estimate of drug-likeness (QED) is 0.522. The second-order valence-corrected chi connectivity index (χ2v) is 9.08. The summed E-state index contributed by atoms with van der Waals surface area (Å²) in [6, 6.07) is 3.27. The molecule has 1 saturated heterocycles. The summed E-state index contributed by atoms with van der Waals surface area (Å²) in [5, 5.41) is 17.0. The molecule has 2 aliphatic rings.